The number of nitrogens with zero attached hydrogens (tertiary/aromatic N) is 2. The standard InChI is InChI=1S/C33H36N2O8S/c1-6-8-9-14-42-24-13-10-20(17-25(24)40-5)27-26(28(36)21-11-12-23-22(16-21)15-18(3)43-23)29(37)31(38)35(27)33-34-19(4)30(44-33)32(39)41-7-2/h10-13,16-18,27,36H,6-9,14-15H2,1-5H3. The zero-order valence-electron chi connectivity index (χ0n) is 25.5. The number of aliphatic hydroxyl groups is 1. The van der Waals surface area contributed by atoms with Crippen molar-refractivity contribution in [3.05, 3.63) is 69.2 Å². The molecule has 11 heteroatoms. The first kappa shape index (κ1) is 31.1. The number of carbonyl (C=O) groups is 3. The third-order valence-electron chi connectivity index (χ3n) is 7.57. The third kappa shape index (κ3) is 5.88. The summed E-state index contributed by atoms with van der Waals surface area (Å²) < 4.78 is 22.6. The normalized spacial score (nSPS) is 18.7. The number of hydrogen-bond acceptors (Lipinski definition) is 10. The SMILES string of the molecule is CCCCCOc1ccc(C2C(=C(O)c3ccc4c(c3)CC(C)O4)C(=O)C(=O)N2c2nc(C)c(C(=O)OCC)s2)cc1OC. The molecule has 2 atom stereocenters. The molecule has 232 valence electrons. The van der Waals surface area contributed by atoms with Crippen molar-refractivity contribution in [1.29, 1.82) is 0 Å². The maximum atomic E-state index is 13.7. The Morgan fingerprint density at radius 3 is 2.66 bits per heavy atom. The van der Waals surface area contributed by atoms with Crippen molar-refractivity contribution in [3.63, 3.8) is 0 Å². The number of Topliss-reactive ketones (excluding diaryl/α,β-unsaturated/α-hetero) is 1. The molecule has 1 saturated heterocycles. The summed E-state index contributed by atoms with van der Waals surface area (Å²) in [6.07, 6.45) is 3.62. The number of hydrogen-bond donors (Lipinski definition) is 1. The number of anilines is 1. The van der Waals surface area contributed by atoms with Gasteiger partial charge in [0.15, 0.2) is 16.6 Å². The van der Waals surface area contributed by atoms with Crippen LogP contribution in [0.1, 0.15) is 78.1 Å². The molecule has 1 aromatic heterocycles. The average molecular weight is 621 g/mol. The molecule has 2 unspecified atom stereocenters. The molecule has 2 aliphatic rings. The summed E-state index contributed by atoms with van der Waals surface area (Å²) >= 11 is 0.954. The van der Waals surface area contributed by atoms with Gasteiger partial charge in [-0.1, -0.05) is 37.2 Å². The molecule has 0 spiro atoms. The number of esters is 1. The van der Waals surface area contributed by atoms with Crippen LogP contribution in [0.5, 0.6) is 17.2 Å². The van der Waals surface area contributed by atoms with Gasteiger partial charge in [-0.2, -0.15) is 0 Å². The molecule has 3 heterocycles. The molecule has 5 rings (SSSR count). The Hall–Kier alpha value is -4.38. The van der Waals surface area contributed by atoms with Crippen LogP contribution in [0.3, 0.4) is 0 Å². The fourth-order valence-electron chi connectivity index (χ4n) is 5.45. The quantitative estimate of drug-likeness (QED) is 0.0883. The number of amides is 1. The predicted octanol–water partition coefficient (Wildman–Crippen LogP) is 6.16. The van der Waals surface area contributed by atoms with Gasteiger partial charge in [0.25, 0.3) is 5.78 Å². The number of ketones is 1. The van der Waals surface area contributed by atoms with Gasteiger partial charge in [0.05, 0.1) is 37.6 Å². The highest BCUT2D eigenvalue weighted by Gasteiger charge is 2.49. The largest absolute Gasteiger partial charge is 0.507 e. The third-order valence-corrected chi connectivity index (χ3v) is 8.71. The van der Waals surface area contributed by atoms with Crippen LogP contribution in [0, 0.1) is 6.92 Å². The maximum absolute atomic E-state index is 13.7. The Labute approximate surface area is 260 Å². The molecule has 1 fully saturated rings. The minimum atomic E-state index is -1.07. The number of aliphatic hydroxyl groups excluding tert-OH is 1. The van der Waals surface area contributed by atoms with E-state index in [2.05, 4.69) is 11.9 Å². The summed E-state index contributed by atoms with van der Waals surface area (Å²) in [5, 5.41) is 11.8. The molecule has 2 aromatic carbocycles. The second-order valence-electron chi connectivity index (χ2n) is 10.7. The van der Waals surface area contributed by atoms with E-state index < -0.39 is 23.7 Å². The first-order valence-electron chi connectivity index (χ1n) is 14.7. The van der Waals surface area contributed by atoms with Gasteiger partial charge in [0.1, 0.15) is 22.5 Å². The molecular weight excluding hydrogens is 584 g/mol. The van der Waals surface area contributed by atoms with E-state index in [0.717, 1.165) is 41.9 Å². The van der Waals surface area contributed by atoms with E-state index in [1.54, 1.807) is 50.2 Å². The highest BCUT2D eigenvalue weighted by Crippen LogP contribution is 2.46. The van der Waals surface area contributed by atoms with Crippen molar-refractivity contribution < 1.29 is 38.4 Å². The summed E-state index contributed by atoms with van der Waals surface area (Å²) in [5.41, 5.74) is 2.03. The van der Waals surface area contributed by atoms with Crippen LogP contribution < -0.4 is 19.1 Å². The van der Waals surface area contributed by atoms with Crippen molar-refractivity contribution in [2.24, 2.45) is 0 Å². The molecule has 0 aliphatic carbocycles. The fourth-order valence-corrected chi connectivity index (χ4v) is 6.44. The molecular formula is C33H36N2O8S. The van der Waals surface area contributed by atoms with Crippen molar-refractivity contribution in [2.45, 2.75) is 65.5 Å². The van der Waals surface area contributed by atoms with Crippen molar-refractivity contribution in [1.82, 2.24) is 4.98 Å². The number of aryl methyl sites for hydroxylation is 1. The van der Waals surface area contributed by atoms with E-state index in [1.165, 1.54) is 12.0 Å². The predicted molar refractivity (Wildman–Crippen MR) is 166 cm³/mol. The molecule has 0 radical (unpaired) electrons. The summed E-state index contributed by atoms with van der Waals surface area (Å²) in [6, 6.07) is 9.28. The van der Waals surface area contributed by atoms with Crippen molar-refractivity contribution >= 4 is 39.9 Å². The Balaban J connectivity index is 1.63. The van der Waals surface area contributed by atoms with Gasteiger partial charge >= 0.3 is 11.9 Å². The summed E-state index contributed by atoms with van der Waals surface area (Å²) in [4.78, 5) is 46.0. The summed E-state index contributed by atoms with van der Waals surface area (Å²) in [5.74, 6) is -0.990. The Kier molecular flexibility index (Phi) is 9.24. The van der Waals surface area contributed by atoms with Crippen LogP contribution in [0.15, 0.2) is 42.0 Å². The first-order valence-corrected chi connectivity index (χ1v) is 15.6. The van der Waals surface area contributed by atoms with E-state index in [0.29, 0.717) is 41.3 Å². The van der Waals surface area contributed by atoms with E-state index in [1.807, 2.05) is 6.92 Å². The van der Waals surface area contributed by atoms with Gasteiger partial charge in [0, 0.05) is 12.0 Å². The van der Waals surface area contributed by atoms with Gasteiger partial charge in [0.2, 0.25) is 0 Å². The lowest BCUT2D eigenvalue weighted by Gasteiger charge is -2.24. The topological polar surface area (TPSA) is 124 Å². The molecule has 0 saturated carbocycles. The lowest BCUT2D eigenvalue weighted by Crippen LogP contribution is -2.29. The van der Waals surface area contributed by atoms with Crippen molar-refractivity contribution in [3.8, 4) is 17.2 Å². The highest BCUT2D eigenvalue weighted by atomic mass is 32.1. The van der Waals surface area contributed by atoms with Crippen LogP contribution >= 0.6 is 11.3 Å². The van der Waals surface area contributed by atoms with E-state index in [9.17, 15) is 19.5 Å². The number of fused-ring (bicyclic) bond motifs is 1. The summed E-state index contributed by atoms with van der Waals surface area (Å²) in [7, 11) is 1.51. The number of thiazole rings is 1. The van der Waals surface area contributed by atoms with Crippen LogP contribution in [0.2, 0.25) is 0 Å². The molecule has 3 aromatic rings. The monoisotopic (exact) mass is 620 g/mol. The van der Waals surface area contributed by atoms with Crippen LogP contribution in [0.25, 0.3) is 5.76 Å². The van der Waals surface area contributed by atoms with Crippen molar-refractivity contribution in [2.75, 3.05) is 25.2 Å². The Morgan fingerprint density at radius 2 is 1.93 bits per heavy atom. The molecule has 0 bridgehead atoms. The minimum absolute atomic E-state index is 0.00937. The van der Waals surface area contributed by atoms with Gasteiger partial charge in [-0.05, 0) is 68.7 Å². The number of unbranched alkanes of at least 4 members (excludes halogenated alkanes) is 2. The lowest BCUT2D eigenvalue weighted by atomic mass is 9.94. The number of benzene rings is 2. The van der Waals surface area contributed by atoms with Gasteiger partial charge in [-0.25, -0.2) is 9.78 Å². The van der Waals surface area contributed by atoms with E-state index in [4.69, 9.17) is 18.9 Å². The number of methoxy groups -OCH3 is 1. The summed E-state index contributed by atoms with van der Waals surface area (Å²) in [6.45, 7) is 8.09. The smallest absolute Gasteiger partial charge is 0.350 e. The zero-order chi connectivity index (χ0) is 31.5. The van der Waals surface area contributed by atoms with Crippen LogP contribution in [0.4, 0.5) is 5.13 Å². The van der Waals surface area contributed by atoms with Gasteiger partial charge in [-0.15, -0.1) is 0 Å². The zero-order valence-corrected chi connectivity index (χ0v) is 26.3. The van der Waals surface area contributed by atoms with Crippen LogP contribution in [-0.4, -0.2) is 54.2 Å². The molecule has 2 aliphatic heterocycles. The van der Waals surface area contributed by atoms with E-state index in [-0.39, 0.29) is 34.1 Å². The maximum Gasteiger partial charge on any atom is 0.350 e. The molecule has 10 nitrogen and oxygen atoms in total. The van der Waals surface area contributed by atoms with Gasteiger partial charge in [-0.3, -0.25) is 14.5 Å². The Bertz CT molecular complexity index is 1630. The lowest BCUT2D eigenvalue weighted by molar-refractivity contribution is -0.132. The number of ether oxygens (including phenoxy) is 4. The van der Waals surface area contributed by atoms with Gasteiger partial charge < -0.3 is 24.1 Å². The van der Waals surface area contributed by atoms with Crippen LogP contribution in [-0.2, 0) is 20.7 Å². The Morgan fingerprint density at radius 1 is 1.14 bits per heavy atom. The molecule has 1 amide bonds. The number of rotatable bonds is 11. The second kappa shape index (κ2) is 13.1. The number of carbonyl (C=O) groups excluding carboxylic acids is 3. The fraction of sp³-hybridized carbons (Fsp3) is 0.394. The number of aromatic nitrogens is 1. The highest BCUT2D eigenvalue weighted by molar-refractivity contribution is 7.17. The first-order chi connectivity index (χ1) is 21.2. The van der Waals surface area contributed by atoms with E-state index >= 15 is 0 Å². The molecule has 1 N–H and O–H groups in total. The minimum Gasteiger partial charge on any atom is -0.507 e. The second-order valence-corrected chi connectivity index (χ2v) is 11.7. The average Bonchev–Trinajstić information content (AvgIpc) is 3.66. The molecule has 44 heavy (non-hydrogen) atoms.